The van der Waals surface area contributed by atoms with Gasteiger partial charge in [0.1, 0.15) is 0 Å². The molecule has 1 fully saturated rings. The molecule has 1 aliphatic rings. The van der Waals surface area contributed by atoms with Gasteiger partial charge in [-0.3, -0.25) is 9.52 Å². The first kappa shape index (κ1) is 18.0. The van der Waals surface area contributed by atoms with Crippen molar-refractivity contribution in [3.63, 3.8) is 0 Å². The summed E-state index contributed by atoms with van der Waals surface area (Å²) in [4.78, 5) is 13.4. The van der Waals surface area contributed by atoms with Gasteiger partial charge in [0.2, 0.25) is 15.9 Å². The highest BCUT2D eigenvalue weighted by Crippen LogP contribution is 2.25. The molecule has 132 valence electrons. The van der Waals surface area contributed by atoms with E-state index in [4.69, 9.17) is 23.2 Å². The van der Waals surface area contributed by atoms with E-state index in [9.17, 15) is 13.2 Å². The van der Waals surface area contributed by atoms with Crippen molar-refractivity contribution in [2.24, 2.45) is 0 Å². The lowest BCUT2D eigenvalue weighted by atomic mass is 10.2. The summed E-state index contributed by atoms with van der Waals surface area (Å²) in [5.41, 5.74) is 1.67. The van der Waals surface area contributed by atoms with Gasteiger partial charge in [0, 0.05) is 34.4 Å². The number of amides is 1. The lowest BCUT2D eigenvalue weighted by Gasteiger charge is -2.16. The van der Waals surface area contributed by atoms with E-state index in [-0.39, 0.29) is 11.7 Å². The molecule has 1 amide bonds. The van der Waals surface area contributed by atoms with Crippen molar-refractivity contribution in [1.82, 2.24) is 0 Å². The fourth-order valence-electron chi connectivity index (χ4n) is 2.69. The maximum absolute atomic E-state index is 12.3. The Morgan fingerprint density at radius 1 is 1.08 bits per heavy atom. The van der Waals surface area contributed by atoms with Gasteiger partial charge < -0.3 is 4.90 Å². The average molecular weight is 399 g/mol. The molecule has 0 saturated carbocycles. The van der Waals surface area contributed by atoms with Gasteiger partial charge in [-0.25, -0.2) is 8.42 Å². The van der Waals surface area contributed by atoms with Crippen molar-refractivity contribution >= 4 is 50.5 Å². The average Bonchev–Trinajstić information content (AvgIpc) is 2.97. The minimum absolute atomic E-state index is 0.0886. The fraction of sp³-hybridized carbons (Fsp3) is 0.235. The number of hydrogen-bond acceptors (Lipinski definition) is 3. The smallest absolute Gasteiger partial charge is 0.236 e. The lowest BCUT2D eigenvalue weighted by molar-refractivity contribution is -0.117. The van der Waals surface area contributed by atoms with Crippen molar-refractivity contribution in [2.45, 2.75) is 18.6 Å². The Morgan fingerprint density at radius 2 is 1.80 bits per heavy atom. The van der Waals surface area contributed by atoms with Crippen LogP contribution in [0.1, 0.15) is 18.4 Å². The standard InChI is InChI=1S/C17H16Cl2N2O3S/c18-13-4-3-12(16(19)10-13)11-25(23,24)20-14-5-7-15(8-6-14)21-9-1-2-17(21)22/h3-8,10,20H,1-2,9,11H2. The van der Waals surface area contributed by atoms with Gasteiger partial charge in [-0.05, 0) is 48.4 Å². The molecule has 3 rings (SSSR count). The third kappa shape index (κ3) is 4.45. The summed E-state index contributed by atoms with van der Waals surface area (Å²) in [6.45, 7) is 0.693. The second-order valence-corrected chi connectivity index (χ2v) is 8.36. The van der Waals surface area contributed by atoms with Crippen LogP contribution in [0.5, 0.6) is 0 Å². The van der Waals surface area contributed by atoms with Crippen molar-refractivity contribution < 1.29 is 13.2 Å². The minimum atomic E-state index is -3.62. The summed E-state index contributed by atoms with van der Waals surface area (Å²) >= 11 is 11.9. The Bertz CT molecular complexity index is 899. The van der Waals surface area contributed by atoms with Gasteiger partial charge in [-0.1, -0.05) is 29.3 Å². The zero-order valence-corrected chi connectivity index (χ0v) is 15.5. The molecule has 1 heterocycles. The molecule has 2 aromatic carbocycles. The molecule has 0 spiro atoms. The molecule has 8 heteroatoms. The van der Waals surface area contributed by atoms with E-state index in [0.29, 0.717) is 34.3 Å². The largest absolute Gasteiger partial charge is 0.312 e. The summed E-state index contributed by atoms with van der Waals surface area (Å²) in [6.07, 6.45) is 1.39. The normalized spacial score (nSPS) is 14.8. The minimum Gasteiger partial charge on any atom is -0.312 e. The van der Waals surface area contributed by atoms with Crippen LogP contribution >= 0.6 is 23.2 Å². The van der Waals surface area contributed by atoms with Crippen LogP contribution in [0.2, 0.25) is 10.0 Å². The lowest BCUT2D eigenvalue weighted by Crippen LogP contribution is -2.23. The third-order valence-corrected chi connectivity index (χ3v) is 5.71. The molecule has 0 unspecified atom stereocenters. The number of benzene rings is 2. The summed E-state index contributed by atoms with van der Waals surface area (Å²) in [5, 5.41) is 0.756. The second-order valence-electron chi connectivity index (χ2n) is 5.79. The van der Waals surface area contributed by atoms with Crippen molar-refractivity contribution in [3.8, 4) is 0 Å². The number of halogens is 2. The predicted octanol–water partition coefficient (Wildman–Crippen LogP) is 4.06. The fourth-order valence-corrected chi connectivity index (χ4v) is 4.47. The number of nitrogens with zero attached hydrogens (tertiary/aromatic N) is 1. The van der Waals surface area contributed by atoms with Crippen LogP contribution in [-0.4, -0.2) is 20.9 Å². The summed E-state index contributed by atoms with van der Waals surface area (Å²) < 4.78 is 27.2. The molecule has 0 atom stereocenters. The van der Waals surface area contributed by atoms with E-state index >= 15 is 0 Å². The number of sulfonamides is 1. The van der Waals surface area contributed by atoms with Gasteiger partial charge in [0.15, 0.2) is 0 Å². The summed E-state index contributed by atoms with van der Waals surface area (Å²) in [6, 6.07) is 11.4. The highest BCUT2D eigenvalue weighted by molar-refractivity contribution is 7.91. The zero-order valence-electron chi connectivity index (χ0n) is 13.2. The quantitative estimate of drug-likeness (QED) is 0.825. The van der Waals surface area contributed by atoms with Crippen LogP contribution in [0.25, 0.3) is 0 Å². The summed E-state index contributed by atoms with van der Waals surface area (Å²) in [7, 11) is -3.62. The predicted molar refractivity (Wildman–Crippen MR) is 101 cm³/mol. The van der Waals surface area contributed by atoms with Crippen LogP contribution in [-0.2, 0) is 20.6 Å². The number of anilines is 2. The van der Waals surface area contributed by atoms with Crippen LogP contribution in [0, 0.1) is 0 Å². The van der Waals surface area contributed by atoms with Crippen LogP contribution in [0.15, 0.2) is 42.5 Å². The number of rotatable bonds is 5. The van der Waals surface area contributed by atoms with Gasteiger partial charge in [-0.15, -0.1) is 0 Å². The topological polar surface area (TPSA) is 66.5 Å². The van der Waals surface area contributed by atoms with Gasteiger partial charge >= 0.3 is 0 Å². The van der Waals surface area contributed by atoms with E-state index in [1.807, 2.05) is 0 Å². The molecule has 2 aromatic rings. The molecular formula is C17H16Cl2N2O3S. The van der Waals surface area contributed by atoms with Crippen LogP contribution < -0.4 is 9.62 Å². The highest BCUT2D eigenvalue weighted by atomic mass is 35.5. The second kappa shape index (κ2) is 7.23. The molecule has 0 aromatic heterocycles. The molecule has 0 bridgehead atoms. The SMILES string of the molecule is O=C1CCCN1c1ccc(NS(=O)(=O)Cc2ccc(Cl)cc2Cl)cc1. The highest BCUT2D eigenvalue weighted by Gasteiger charge is 2.21. The molecule has 1 N–H and O–H groups in total. The first-order valence-electron chi connectivity index (χ1n) is 7.69. The maximum atomic E-state index is 12.3. The monoisotopic (exact) mass is 398 g/mol. The number of nitrogens with one attached hydrogen (secondary N) is 1. The van der Waals surface area contributed by atoms with E-state index in [1.54, 1.807) is 41.3 Å². The van der Waals surface area contributed by atoms with Crippen LogP contribution in [0.4, 0.5) is 11.4 Å². The van der Waals surface area contributed by atoms with Gasteiger partial charge in [-0.2, -0.15) is 0 Å². The van der Waals surface area contributed by atoms with Crippen molar-refractivity contribution in [1.29, 1.82) is 0 Å². The molecular weight excluding hydrogens is 383 g/mol. The zero-order chi connectivity index (χ0) is 18.0. The number of hydrogen-bond donors (Lipinski definition) is 1. The first-order chi connectivity index (χ1) is 11.8. The van der Waals surface area contributed by atoms with E-state index in [1.165, 1.54) is 6.07 Å². The Balaban J connectivity index is 1.71. The first-order valence-corrected chi connectivity index (χ1v) is 10.1. The summed E-state index contributed by atoms with van der Waals surface area (Å²) in [5.74, 6) is -0.166. The van der Waals surface area contributed by atoms with E-state index < -0.39 is 10.0 Å². The molecule has 1 aliphatic heterocycles. The Hall–Kier alpha value is -1.76. The van der Waals surface area contributed by atoms with Crippen molar-refractivity contribution in [2.75, 3.05) is 16.2 Å². The Morgan fingerprint density at radius 3 is 2.40 bits per heavy atom. The van der Waals surface area contributed by atoms with Crippen LogP contribution in [0.3, 0.4) is 0 Å². The number of carbonyl (C=O) groups excluding carboxylic acids is 1. The maximum Gasteiger partial charge on any atom is 0.236 e. The van der Waals surface area contributed by atoms with E-state index in [2.05, 4.69) is 4.72 Å². The Labute approximate surface area is 156 Å². The van der Waals surface area contributed by atoms with Crippen molar-refractivity contribution in [3.05, 3.63) is 58.1 Å². The third-order valence-electron chi connectivity index (χ3n) is 3.89. The van der Waals surface area contributed by atoms with E-state index in [0.717, 1.165) is 12.1 Å². The molecule has 1 saturated heterocycles. The molecule has 25 heavy (non-hydrogen) atoms. The van der Waals surface area contributed by atoms with Gasteiger partial charge in [0.25, 0.3) is 0 Å². The molecule has 0 radical (unpaired) electrons. The molecule has 5 nitrogen and oxygen atoms in total. The number of carbonyl (C=O) groups is 1. The Kier molecular flexibility index (Phi) is 5.22. The molecule has 0 aliphatic carbocycles. The van der Waals surface area contributed by atoms with Gasteiger partial charge in [0.05, 0.1) is 5.75 Å².